The Kier molecular flexibility index (Phi) is 6.75. The van der Waals surface area contributed by atoms with Crippen molar-refractivity contribution in [2.45, 2.75) is 37.1 Å². The summed E-state index contributed by atoms with van der Waals surface area (Å²) in [5, 5.41) is 3.62. The van der Waals surface area contributed by atoms with Gasteiger partial charge in [-0.2, -0.15) is 4.31 Å². The largest absolute Gasteiger partial charge is 0.349 e. The molecule has 5 nitrogen and oxygen atoms in total. The summed E-state index contributed by atoms with van der Waals surface area (Å²) in [4.78, 5) is 12.9. The zero-order valence-electron chi connectivity index (χ0n) is 15.8. The minimum Gasteiger partial charge on any atom is -0.349 e. The highest BCUT2D eigenvalue weighted by Crippen LogP contribution is 2.26. The molecule has 0 bridgehead atoms. The fourth-order valence-corrected chi connectivity index (χ4v) is 5.11. The lowest BCUT2D eigenvalue weighted by atomic mass is 9.96. The van der Waals surface area contributed by atoms with Gasteiger partial charge in [0, 0.05) is 24.0 Å². The van der Waals surface area contributed by atoms with Crippen LogP contribution in [-0.4, -0.2) is 31.7 Å². The number of carbonyl (C=O) groups excluding carboxylic acids is 1. The lowest BCUT2D eigenvalue weighted by Crippen LogP contribution is -2.43. The van der Waals surface area contributed by atoms with E-state index in [1.165, 1.54) is 16.4 Å². The van der Waals surface area contributed by atoms with Crippen LogP contribution in [0.4, 0.5) is 0 Å². The molecule has 1 aliphatic rings. The summed E-state index contributed by atoms with van der Waals surface area (Å²) < 4.78 is 27.0. The van der Waals surface area contributed by atoms with Gasteiger partial charge in [-0.15, -0.1) is 0 Å². The molecule has 1 heterocycles. The van der Waals surface area contributed by atoms with Gasteiger partial charge in [0.15, 0.2) is 0 Å². The maximum absolute atomic E-state index is 12.8. The van der Waals surface area contributed by atoms with Crippen LogP contribution in [-0.2, 0) is 14.8 Å². The Balaban J connectivity index is 1.60. The number of piperidine rings is 1. The highest BCUT2D eigenvalue weighted by Gasteiger charge is 2.32. The Labute approximate surface area is 171 Å². The van der Waals surface area contributed by atoms with Crippen LogP contribution in [0.3, 0.4) is 0 Å². The van der Waals surface area contributed by atoms with Crippen LogP contribution in [0.15, 0.2) is 59.5 Å². The molecule has 1 aliphatic heterocycles. The van der Waals surface area contributed by atoms with Gasteiger partial charge >= 0.3 is 0 Å². The minimum atomic E-state index is -3.56. The summed E-state index contributed by atoms with van der Waals surface area (Å²) in [6.45, 7) is 2.72. The van der Waals surface area contributed by atoms with Gasteiger partial charge in [-0.25, -0.2) is 8.42 Å². The lowest BCUT2D eigenvalue weighted by molar-refractivity contribution is -0.126. The number of halogens is 1. The molecule has 0 aromatic heterocycles. The molecule has 0 spiro atoms. The number of rotatable bonds is 6. The number of nitrogens with one attached hydrogen (secondary N) is 1. The summed E-state index contributed by atoms with van der Waals surface area (Å²) >= 11 is 5.85. The Hall–Kier alpha value is -1.89. The van der Waals surface area contributed by atoms with E-state index in [2.05, 4.69) is 5.32 Å². The van der Waals surface area contributed by atoms with Gasteiger partial charge < -0.3 is 5.32 Å². The predicted octanol–water partition coefficient (Wildman–Crippen LogP) is 4.01. The van der Waals surface area contributed by atoms with Crippen LogP contribution in [0.5, 0.6) is 0 Å². The molecule has 3 rings (SSSR count). The van der Waals surface area contributed by atoms with Crippen molar-refractivity contribution >= 4 is 27.5 Å². The van der Waals surface area contributed by atoms with E-state index in [0.29, 0.717) is 31.0 Å². The molecular formula is C21H25ClN2O3S. The van der Waals surface area contributed by atoms with Crippen molar-refractivity contribution in [2.24, 2.45) is 5.92 Å². The summed E-state index contributed by atoms with van der Waals surface area (Å²) in [5.74, 6) is -0.173. The molecule has 1 saturated heterocycles. The molecule has 1 fully saturated rings. The normalized spacial score (nSPS) is 17.2. The number of hydrogen-bond acceptors (Lipinski definition) is 3. The van der Waals surface area contributed by atoms with E-state index in [1.807, 2.05) is 37.3 Å². The SMILES string of the molecule is CCC(NC(=O)C1CCN(S(=O)(=O)c2ccc(Cl)cc2)CC1)c1ccccc1. The Bertz CT molecular complexity index is 893. The second kappa shape index (κ2) is 9.07. The second-order valence-electron chi connectivity index (χ2n) is 7.01. The zero-order chi connectivity index (χ0) is 20.1. The average Bonchev–Trinajstić information content (AvgIpc) is 2.73. The average molecular weight is 421 g/mol. The van der Waals surface area contributed by atoms with Crippen molar-refractivity contribution in [1.29, 1.82) is 0 Å². The van der Waals surface area contributed by atoms with Crippen molar-refractivity contribution in [3.63, 3.8) is 0 Å². The highest BCUT2D eigenvalue weighted by atomic mass is 35.5. The molecular weight excluding hydrogens is 396 g/mol. The van der Waals surface area contributed by atoms with E-state index in [4.69, 9.17) is 11.6 Å². The third-order valence-electron chi connectivity index (χ3n) is 5.20. The van der Waals surface area contributed by atoms with Crippen molar-refractivity contribution in [3.8, 4) is 0 Å². The second-order valence-corrected chi connectivity index (χ2v) is 9.39. The quantitative estimate of drug-likeness (QED) is 0.767. The van der Waals surface area contributed by atoms with E-state index < -0.39 is 10.0 Å². The van der Waals surface area contributed by atoms with Crippen LogP contribution >= 0.6 is 11.6 Å². The third kappa shape index (κ3) is 4.74. The fraction of sp³-hybridized carbons (Fsp3) is 0.381. The highest BCUT2D eigenvalue weighted by molar-refractivity contribution is 7.89. The number of sulfonamides is 1. The minimum absolute atomic E-state index is 0.000700. The van der Waals surface area contributed by atoms with Crippen molar-refractivity contribution in [3.05, 3.63) is 65.2 Å². The first-order chi connectivity index (χ1) is 13.4. The topological polar surface area (TPSA) is 66.5 Å². The molecule has 7 heteroatoms. The molecule has 0 radical (unpaired) electrons. The summed E-state index contributed by atoms with van der Waals surface area (Å²) in [6, 6.07) is 16.1. The molecule has 150 valence electrons. The molecule has 1 N–H and O–H groups in total. The first-order valence-electron chi connectivity index (χ1n) is 9.53. The van der Waals surface area contributed by atoms with Crippen LogP contribution < -0.4 is 5.32 Å². The van der Waals surface area contributed by atoms with Gasteiger partial charge in [-0.3, -0.25) is 4.79 Å². The molecule has 1 amide bonds. The Morgan fingerprint density at radius 2 is 1.71 bits per heavy atom. The van der Waals surface area contributed by atoms with Gasteiger partial charge in [0.05, 0.1) is 10.9 Å². The van der Waals surface area contributed by atoms with Crippen molar-refractivity contribution in [1.82, 2.24) is 9.62 Å². The zero-order valence-corrected chi connectivity index (χ0v) is 17.4. The smallest absolute Gasteiger partial charge is 0.243 e. The maximum Gasteiger partial charge on any atom is 0.243 e. The van der Waals surface area contributed by atoms with E-state index in [1.54, 1.807) is 12.1 Å². The standard InChI is InChI=1S/C21H25ClN2O3S/c1-2-20(16-6-4-3-5-7-16)23-21(25)17-12-14-24(15-13-17)28(26,27)19-10-8-18(22)9-11-19/h3-11,17,20H,2,12-15H2,1H3,(H,23,25). The molecule has 2 aromatic carbocycles. The predicted molar refractivity (Wildman–Crippen MR) is 111 cm³/mol. The van der Waals surface area contributed by atoms with Crippen LogP contribution in [0.2, 0.25) is 5.02 Å². The van der Waals surface area contributed by atoms with Crippen LogP contribution in [0, 0.1) is 5.92 Å². The summed E-state index contributed by atoms with van der Waals surface area (Å²) in [5.41, 5.74) is 1.08. The summed E-state index contributed by atoms with van der Waals surface area (Å²) in [7, 11) is -3.56. The van der Waals surface area contributed by atoms with Crippen molar-refractivity contribution < 1.29 is 13.2 Å². The molecule has 2 aromatic rings. The van der Waals surface area contributed by atoms with Crippen LogP contribution in [0.25, 0.3) is 0 Å². The van der Waals surface area contributed by atoms with Crippen LogP contribution in [0.1, 0.15) is 37.8 Å². The molecule has 1 atom stereocenters. The Morgan fingerprint density at radius 1 is 1.11 bits per heavy atom. The first-order valence-corrected chi connectivity index (χ1v) is 11.3. The van der Waals surface area contributed by atoms with Gasteiger partial charge in [0.2, 0.25) is 15.9 Å². The van der Waals surface area contributed by atoms with E-state index >= 15 is 0 Å². The number of amides is 1. The Morgan fingerprint density at radius 3 is 2.29 bits per heavy atom. The summed E-state index contributed by atoms with van der Waals surface area (Å²) in [6.07, 6.45) is 1.84. The molecule has 0 saturated carbocycles. The molecule has 1 unspecified atom stereocenters. The lowest BCUT2D eigenvalue weighted by Gasteiger charge is -2.31. The van der Waals surface area contributed by atoms with Gasteiger partial charge in [0.25, 0.3) is 0 Å². The molecule has 0 aliphatic carbocycles. The number of carbonyl (C=O) groups is 1. The van der Waals surface area contributed by atoms with Gasteiger partial charge in [0.1, 0.15) is 0 Å². The van der Waals surface area contributed by atoms with Gasteiger partial charge in [-0.05, 0) is 49.1 Å². The monoisotopic (exact) mass is 420 g/mol. The third-order valence-corrected chi connectivity index (χ3v) is 7.37. The van der Waals surface area contributed by atoms with E-state index in [9.17, 15) is 13.2 Å². The number of hydrogen-bond donors (Lipinski definition) is 1. The van der Waals surface area contributed by atoms with E-state index in [0.717, 1.165) is 12.0 Å². The van der Waals surface area contributed by atoms with E-state index in [-0.39, 0.29) is 22.8 Å². The number of benzene rings is 2. The van der Waals surface area contributed by atoms with Crippen molar-refractivity contribution in [2.75, 3.05) is 13.1 Å². The maximum atomic E-state index is 12.8. The number of nitrogens with zero attached hydrogens (tertiary/aromatic N) is 1. The fourth-order valence-electron chi connectivity index (χ4n) is 3.51. The van der Waals surface area contributed by atoms with Gasteiger partial charge in [-0.1, -0.05) is 48.9 Å². The molecule has 28 heavy (non-hydrogen) atoms. The first kappa shape index (κ1) is 20.8.